The molecule has 1 saturated heterocycles. The molecule has 1 aliphatic rings. The molecule has 1 fully saturated rings. The van der Waals surface area contributed by atoms with E-state index in [1.165, 1.54) is 16.6 Å². The molecule has 33 heavy (non-hydrogen) atoms. The fourth-order valence-electron chi connectivity index (χ4n) is 3.80. The maximum atomic E-state index is 13.5. The maximum absolute atomic E-state index is 13.5. The molecule has 0 amide bonds. The van der Waals surface area contributed by atoms with Crippen LogP contribution < -0.4 is 4.31 Å². The minimum atomic E-state index is -3.58. The first-order chi connectivity index (χ1) is 15.8. The molecule has 0 aliphatic carbocycles. The molecule has 0 saturated carbocycles. The largest absolute Gasteiger partial charge is 0.504 e. The summed E-state index contributed by atoms with van der Waals surface area (Å²) in [6, 6.07) is 6.79. The Bertz CT molecular complexity index is 1470. The van der Waals surface area contributed by atoms with Gasteiger partial charge in [-0.05, 0) is 42.7 Å². The van der Waals surface area contributed by atoms with Gasteiger partial charge in [-0.2, -0.15) is 5.10 Å². The molecule has 4 heterocycles. The van der Waals surface area contributed by atoms with Crippen LogP contribution in [0.2, 0.25) is 0 Å². The highest BCUT2D eigenvalue weighted by Gasteiger charge is 2.31. The molecule has 0 atom stereocenters. The van der Waals surface area contributed by atoms with Gasteiger partial charge in [-0.15, -0.1) is 0 Å². The van der Waals surface area contributed by atoms with E-state index in [-0.39, 0.29) is 47.3 Å². The molecule has 1 aliphatic heterocycles. The highest BCUT2D eigenvalue weighted by Crippen LogP contribution is 2.38. The quantitative estimate of drug-likeness (QED) is 0.468. The number of aromatic amines is 1. The van der Waals surface area contributed by atoms with Crippen LogP contribution in [-0.2, 0) is 16.4 Å². The summed E-state index contributed by atoms with van der Waals surface area (Å²) in [4.78, 5) is 13.0. The summed E-state index contributed by atoms with van der Waals surface area (Å²) in [6.45, 7) is 0.263. The van der Waals surface area contributed by atoms with Gasteiger partial charge in [0, 0.05) is 24.5 Å². The first kappa shape index (κ1) is 21.2. The predicted octanol–water partition coefficient (Wildman–Crippen LogP) is 2.92. The van der Waals surface area contributed by atoms with Gasteiger partial charge in [0.1, 0.15) is 11.3 Å². The maximum Gasteiger partial charge on any atom is 0.236 e. The second kappa shape index (κ2) is 8.03. The van der Waals surface area contributed by atoms with E-state index in [4.69, 9.17) is 0 Å². The van der Waals surface area contributed by atoms with Crippen LogP contribution in [0.3, 0.4) is 0 Å². The summed E-state index contributed by atoms with van der Waals surface area (Å²) < 4.78 is 53.4. The number of aromatic hydroxyl groups is 1. The summed E-state index contributed by atoms with van der Waals surface area (Å²) in [7, 11) is -3.58. The number of halogens is 2. The molecule has 1 aromatic carbocycles. The lowest BCUT2D eigenvalue weighted by molar-refractivity contribution is 0.479. The third-order valence-electron chi connectivity index (χ3n) is 5.40. The lowest BCUT2D eigenvalue weighted by Gasteiger charge is -2.28. The van der Waals surface area contributed by atoms with Crippen molar-refractivity contribution in [1.82, 2.24) is 25.1 Å². The minimum absolute atomic E-state index is 0.00563. The number of H-pyrrole nitrogens is 1. The topological polar surface area (TPSA) is 125 Å². The number of nitrogens with one attached hydrogen (secondary N) is 1. The molecule has 0 unspecified atom stereocenters. The van der Waals surface area contributed by atoms with Crippen LogP contribution in [-0.4, -0.2) is 51.0 Å². The van der Waals surface area contributed by atoms with Gasteiger partial charge in [0.05, 0.1) is 5.75 Å². The zero-order valence-electron chi connectivity index (χ0n) is 17.2. The zero-order valence-corrected chi connectivity index (χ0v) is 18.0. The number of nitrogens with zero attached hydrogens (tertiary/aromatic N) is 5. The zero-order chi connectivity index (χ0) is 23.2. The standard InChI is InChI=1S/C21H18F2N6O3S/c22-14-6-5-12(10-15(14)23)11-16-25-20(28-27-16)18-19(30)17-13(4-3-7-24-17)21(26-18)29-8-1-2-9-33(29,31)32/h3-7,10,30H,1-2,8-9,11H2,(H,25,27,28). The van der Waals surface area contributed by atoms with Crippen molar-refractivity contribution >= 4 is 26.7 Å². The number of pyridine rings is 2. The Morgan fingerprint density at radius 2 is 1.97 bits per heavy atom. The SMILES string of the molecule is O=S1(=O)CCCCN1c1nc(-c2n[nH]c(Cc3ccc(F)c(F)c3)n2)c(O)c2ncccc12. The Morgan fingerprint density at radius 3 is 2.76 bits per heavy atom. The van der Waals surface area contributed by atoms with E-state index in [9.17, 15) is 22.3 Å². The molecule has 170 valence electrons. The van der Waals surface area contributed by atoms with E-state index in [2.05, 4.69) is 25.1 Å². The van der Waals surface area contributed by atoms with Gasteiger partial charge in [0.15, 0.2) is 28.9 Å². The summed E-state index contributed by atoms with van der Waals surface area (Å²) in [5.74, 6) is -1.71. The van der Waals surface area contributed by atoms with Crippen molar-refractivity contribution in [2.75, 3.05) is 16.6 Å². The first-order valence-electron chi connectivity index (χ1n) is 10.2. The second-order valence-corrected chi connectivity index (χ2v) is 9.67. The molecule has 12 heteroatoms. The van der Waals surface area contributed by atoms with Crippen LogP contribution in [0.25, 0.3) is 22.4 Å². The van der Waals surface area contributed by atoms with Crippen molar-refractivity contribution in [3.05, 3.63) is 59.6 Å². The fraction of sp³-hybridized carbons (Fsp3) is 0.238. The van der Waals surface area contributed by atoms with E-state index in [1.807, 2.05) is 0 Å². The van der Waals surface area contributed by atoms with Crippen LogP contribution in [0.15, 0.2) is 36.5 Å². The van der Waals surface area contributed by atoms with Crippen molar-refractivity contribution in [2.24, 2.45) is 0 Å². The predicted molar refractivity (Wildman–Crippen MR) is 116 cm³/mol. The molecular weight excluding hydrogens is 454 g/mol. The van der Waals surface area contributed by atoms with Crippen LogP contribution in [0.4, 0.5) is 14.6 Å². The van der Waals surface area contributed by atoms with Crippen molar-refractivity contribution < 1.29 is 22.3 Å². The number of hydrogen-bond acceptors (Lipinski definition) is 7. The van der Waals surface area contributed by atoms with E-state index < -0.39 is 21.7 Å². The summed E-state index contributed by atoms with van der Waals surface area (Å²) in [5.41, 5.74) is 0.601. The average Bonchev–Trinajstić information content (AvgIpc) is 3.25. The van der Waals surface area contributed by atoms with Crippen LogP contribution in [0, 0.1) is 11.6 Å². The smallest absolute Gasteiger partial charge is 0.236 e. The van der Waals surface area contributed by atoms with E-state index in [1.54, 1.807) is 12.1 Å². The molecule has 9 nitrogen and oxygen atoms in total. The Labute approximate surface area is 187 Å². The molecule has 2 N–H and O–H groups in total. The molecule has 4 aromatic rings. The number of fused-ring (bicyclic) bond motifs is 1. The van der Waals surface area contributed by atoms with Crippen LogP contribution >= 0.6 is 0 Å². The Morgan fingerprint density at radius 1 is 1.12 bits per heavy atom. The monoisotopic (exact) mass is 472 g/mol. The Hall–Kier alpha value is -3.67. The minimum Gasteiger partial charge on any atom is -0.504 e. The normalized spacial score (nSPS) is 15.8. The van der Waals surface area contributed by atoms with Crippen molar-refractivity contribution in [1.29, 1.82) is 0 Å². The van der Waals surface area contributed by atoms with Crippen LogP contribution in [0.5, 0.6) is 5.75 Å². The first-order valence-corrected chi connectivity index (χ1v) is 11.8. The number of benzene rings is 1. The molecule has 0 bridgehead atoms. The van der Waals surface area contributed by atoms with Gasteiger partial charge in [0.2, 0.25) is 15.8 Å². The highest BCUT2D eigenvalue weighted by atomic mass is 32.2. The van der Waals surface area contributed by atoms with E-state index in [0.29, 0.717) is 29.6 Å². The molecule has 3 aromatic heterocycles. The van der Waals surface area contributed by atoms with Gasteiger partial charge < -0.3 is 5.11 Å². The third-order valence-corrected chi connectivity index (χ3v) is 7.23. The number of rotatable bonds is 4. The lowest BCUT2D eigenvalue weighted by Crippen LogP contribution is -2.38. The molecule has 0 radical (unpaired) electrons. The van der Waals surface area contributed by atoms with Crippen molar-refractivity contribution in [2.45, 2.75) is 19.3 Å². The van der Waals surface area contributed by atoms with E-state index in [0.717, 1.165) is 12.1 Å². The lowest BCUT2D eigenvalue weighted by atomic mass is 10.1. The number of hydrogen-bond donors (Lipinski definition) is 2. The van der Waals surface area contributed by atoms with Gasteiger partial charge >= 0.3 is 0 Å². The second-order valence-electron chi connectivity index (χ2n) is 7.66. The van der Waals surface area contributed by atoms with Gasteiger partial charge in [-0.1, -0.05) is 6.07 Å². The number of sulfonamides is 1. The average molecular weight is 472 g/mol. The van der Waals surface area contributed by atoms with Gasteiger partial charge in [-0.3, -0.25) is 14.4 Å². The van der Waals surface area contributed by atoms with Crippen LogP contribution in [0.1, 0.15) is 24.2 Å². The van der Waals surface area contributed by atoms with E-state index >= 15 is 0 Å². The van der Waals surface area contributed by atoms with Crippen molar-refractivity contribution in [3.8, 4) is 17.3 Å². The highest BCUT2D eigenvalue weighted by molar-refractivity contribution is 7.92. The third kappa shape index (κ3) is 3.86. The molecule has 0 spiro atoms. The number of anilines is 1. The summed E-state index contributed by atoms with van der Waals surface area (Å²) in [6.07, 6.45) is 2.85. The summed E-state index contributed by atoms with van der Waals surface area (Å²) in [5, 5.41) is 18.0. The Balaban J connectivity index is 1.59. The van der Waals surface area contributed by atoms with Gasteiger partial charge in [0.25, 0.3) is 0 Å². The Kier molecular flexibility index (Phi) is 5.16. The molecule has 5 rings (SSSR count). The summed E-state index contributed by atoms with van der Waals surface area (Å²) >= 11 is 0. The van der Waals surface area contributed by atoms with Gasteiger partial charge in [-0.25, -0.2) is 27.2 Å². The molecular formula is C21H18F2N6O3S. The number of aromatic nitrogens is 5. The fourth-order valence-corrected chi connectivity index (χ4v) is 5.40. The van der Waals surface area contributed by atoms with Crippen molar-refractivity contribution in [3.63, 3.8) is 0 Å².